The molecule has 0 amide bonds. The second-order valence-electron chi connectivity index (χ2n) is 5.36. The van der Waals surface area contributed by atoms with Crippen LogP contribution in [0.3, 0.4) is 0 Å². The molecule has 0 aromatic carbocycles. The summed E-state index contributed by atoms with van der Waals surface area (Å²) in [6.45, 7) is 4.74. The van der Waals surface area contributed by atoms with Gasteiger partial charge in [-0.25, -0.2) is 4.79 Å². The minimum Gasteiger partial charge on any atom is -0.477 e. The van der Waals surface area contributed by atoms with Crippen LogP contribution in [0.4, 0.5) is 0 Å². The van der Waals surface area contributed by atoms with Crippen LogP contribution in [-0.4, -0.2) is 33.6 Å². The fraction of sp³-hybridized carbons (Fsp3) is 0.571. The summed E-state index contributed by atoms with van der Waals surface area (Å²) in [5, 5.41) is 9.19. The molecule has 0 unspecified atom stereocenters. The van der Waals surface area contributed by atoms with Crippen molar-refractivity contribution >= 4 is 5.97 Å². The van der Waals surface area contributed by atoms with Gasteiger partial charge in [-0.2, -0.15) is 0 Å². The van der Waals surface area contributed by atoms with Crippen LogP contribution < -0.4 is 5.56 Å². The van der Waals surface area contributed by atoms with Crippen molar-refractivity contribution in [3.63, 3.8) is 0 Å². The number of nitrogens with zero attached hydrogens (tertiary/aromatic N) is 2. The molecule has 2 heterocycles. The molecule has 102 valence electrons. The highest BCUT2D eigenvalue weighted by molar-refractivity contribution is 5.87. The van der Waals surface area contributed by atoms with Crippen LogP contribution in [-0.2, 0) is 13.0 Å². The summed E-state index contributed by atoms with van der Waals surface area (Å²) in [4.78, 5) is 25.8. The number of carbonyl (C=O) groups is 1. The zero-order valence-corrected chi connectivity index (χ0v) is 11.1. The quantitative estimate of drug-likeness (QED) is 0.890. The van der Waals surface area contributed by atoms with Crippen molar-refractivity contribution in [3.8, 4) is 0 Å². The van der Waals surface area contributed by atoms with Gasteiger partial charge in [0.1, 0.15) is 5.56 Å². The van der Waals surface area contributed by atoms with Crippen LogP contribution in [0.15, 0.2) is 10.9 Å². The number of carboxylic acids is 1. The third-order valence-corrected chi connectivity index (χ3v) is 4.08. The van der Waals surface area contributed by atoms with Crippen LogP contribution in [0.1, 0.15) is 47.4 Å². The summed E-state index contributed by atoms with van der Waals surface area (Å²) in [6.07, 6.45) is 2.83. The maximum Gasteiger partial charge on any atom is 0.341 e. The molecule has 0 radical (unpaired) electrons. The smallest absolute Gasteiger partial charge is 0.341 e. The first-order chi connectivity index (χ1) is 9.11. The molecule has 0 spiro atoms. The Morgan fingerprint density at radius 1 is 1.47 bits per heavy atom. The summed E-state index contributed by atoms with van der Waals surface area (Å²) < 4.78 is 1.76. The molecule has 3 rings (SSSR count). The van der Waals surface area contributed by atoms with Gasteiger partial charge in [0.25, 0.3) is 5.56 Å². The summed E-state index contributed by atoms with van der Waals surface area (Å²) in [6, 6.07) is 1.81. The SMILES string of the molecule is CCN1CCc2c(cc(C(=O)O)c(=O)n2C2CC2)C1. The Morgan fingerprint density at radius 2 is 2.21 bits per heavy atom. The molecule has 0 atom stereocenters. The lowest BCUT2D eigenvalue weighted by Gasteiger charge is -2.29. The highest BCUT2D eigenvalue weighted by Gasteiger charge is 2.31. The number of hydrogen-bond donors (Lipinski definition) is 1. The van der Waals surface area contributed by atoms with Gasteiger partial charge in [-0.15, -0.1) is 0 Å². The number of pyridine rings is 1. The monoisotopic (exact) mass is 262 g/mol. The van der Waals surface area contributed by atoms with Gasteiger partial charge >= 0.3 is 5.97 Å². The van der Waals surface area contributed by atoms with Gasteiger partial charge in [-0.1, -0.05) is 6.92 Å². The standard InChI is InChI=1S/C14H18N2O3/c1-2-15-6-5-12-9(8-15)7-11(14(18)19)13(17)16(12)10-3-4-10/h7,10H,2-6,8H2,1H3,(H,18,19). The highest BCUT2D eigenvalue weighted by Crippen LogP contribution is 2.36. The Kier molecular flexibility index (Phi) is 2.93. The van der Waals surface area contributed by atoms with E-state index in [0.29, 0.717) is 0 Å². The zero-order chi connectivity index (χ0) is 13.6. The van der Waals surface area contributed by atoms with E-state index >= 15 is 0 Å². The van der Waals surface area contributed by atoms with E-state index in [-0.39, 0.29) is 17.2 Å². The summed E-state index contributed by atoms with van der Waals surface area (Å²) in [7, 11) is 0. The van der Waals surface area contributed by atoms with Crippen molar-refractivity contribution in [1.82, 2.24) is 9.47 Å². The van der Waals surface area contributed by atoms with E-state index in [0.717, 1.165) is 50.2 Å². The van der Waals surface area contributed by atoms with Crippen LogP contribution in [0.25, 0.3) is 0 Å². The Balaban J connectivity index is 2.15. The van der Waals surface area contributed by atoms with Gasteiger partial charge in [0.15, 0.2) is 0 Å². The Hall–Kier alpha value is -1.62. The van der Waals surface area contributed by atoms with Gasteiger partial charge in [0.2, 0.25) is 0 Å². The Morgan fingerprint density at radius 3 is 2.79 bits per heavy atom. The van der Waals surface area contributed by atoms with Crippen molar-refractivity contribution in [2.24, 2.45) is 0 Å². The van der Waals surface area contributed by atoms with Gasteiger partial charge in [0, 0.05) is 31.2 Å². The summed E-state index contributed by atoms with van der Waals surface area (Å²) in [5.74, 6) is -1.11. The molecule has 1 aromatic rings. The normalized spacial score (nSPS) is 19.2. The van der Waals surface area contributed by atoms with E-state index in [9.17, 15) is 14.7 Å². The first-order valence-electron chi connectivity index (χ1n) is 6.84. The molecule has 1 fully saturated rings. The topological polar surface area (TPSA) is 62.5 Å². The van der Waals surface area contributed by atoms with Crippen LogP contribution in [0.5, 0.6) is 0 Å². The van der Waals surface area contributed by atoms with Crippen molar-refractivity contribution in [1.29, 1.82) is 0 Å². The number of rotatable bonds is 3. The predicted molar refractivity (Wildman–Crippen MR) is 70.6 cm³/mol. The molecule has 1 saturated carbocycles. The van der Waals surface area contributed by atoms with Crippen LogP contribution >= 0.6 is 0 Å². The van der Waals surface area contributed by atoms with Crippen LogP contribution in [0, 0.1) is 0 Å². The predicted octanol–water partition coefficient (Wildman–Crippen LogP) is 1.26. The third kappa shape index (κ3) is 2.08. The molecule has 19 heavy (non-hydrogen) atoms. The molecule has 5 nitrogen and oxygen atoms in total. The maximum atomic E-state index is 12.3. The minimum atomic E-state index is -1.11. The van der Waals surface area contributed by atoms with Gasteiger partial charge in [0.05, 0.1) is 0 Å². The average molecular weight is 262 g/mol. The van der Waals surface area contributed by atoms with E-state index < -0.39 is 5.97 Å². The molecule has 1 aliphatic carbocycles. The Labute approximate surface area is 111 Å². The first kappa shape index (κ1) is 12.4. The van der Waals surface area contributed by atoms with E-state index in [1.807, 2.05) is 0 Å². The Bertz CT molecular complexity index is 587. The first-order valence-corrected chi connectivity index (χ1v) is 6.84. The number of aromatic carboxylic acids is 1. The van der Waals surface area contributed by atoms with Gasteiger partial charge < -0.3 is 9.67 Å². The molecule has 1 aliphatic heterocycles. The molecule has 1 aromatic heterocycles. The van der Waals surface area contributed by atoms with E-state index in [2.05, 4.69) is 11.8 Å². The number of fused-ring (bicyclic) bond motifs is 1. The number of hydrogen-bond acceptors (Lipinski definition) is 3. The zero-order valence-electron chi connectivity index (χ0n) is 11.1. The molecule has 0 bridgehead atoms. The lowest BCUT2D eigenvalue weighted by Crippen LogP contribution is -2.37. The fourth-order valence-electron chi connectivity index (χ4n) is 2.87. The second kappa shape index (κ2) is 4.49. The van der Waals surface area contributed by atoms with Gasteiger partial charge in [-0.3, -0.25) is 9.69 Å². The van der Waals surface area contributed by atoms with E-state index in [1.165, 1.54) is 0 Å². The van der Waals surface area contributed by atoms with E-state index in [4.69, 9.17) is 0 Å². The number of carboxylic acid groups (broad SMARTS) is 1. The van der Waals surface area contributed by atoms with Gasteiger partial charge in [-0.05, 0) is 31.0 Å². The van der Waals surface area contributed by atoms with Crippen molar-refractivity contribution in [3.05, 3.63) is 33.2 Å². The molecule has 5 heteroatoms. The van der Waals surface area contributed by atoms with Crippen molar-refractivity contribution < 1.29 is 9.90 Å². The largest absolute Gasteiger partial charge is 0.477 e. The summed E-state index contributed by atoms with van der Waals surface area (Å²) >= 11 is 0. The third-order valence-electron chi connectivity index (χ3n) is 4.08. The minimum absolute atomic E-state index is 0.0800. The summed E-state index contributed by atoms with van der Waals surface area (Å²) in [5.41, 5.74) is 1.67. The lowest BCUT2D eigenvalue weighted by atomic mass is 10.0. The van der Waals surface area contributed by atoms with Crippen molar-refractivity contribution in [2.75, 3.05) is 13.1 Å². The lowest BCUT2D eigenvalue weighted by molar-refractivity contribution is 0.0693. The molecule has 2 aliphatic rings. The van der Waals surface area contributed by atoms with Crippen LogP contribution in [0.2, 0.25) is 0 Å². The molecular formula is C14H18N2O3. The molecular weight excluding hydrogens is 244 g/mol. The molecule has 0 saturated heterocycles. The number of aromatic nitrogens is 1. The number of likely N-dealkylation sites (N-methyl/N-ethyl adjacent to an activating group) is 1. The maximum absolute atomic E-state index is 12.3. The highest BCUT2D eigenvalue weighted by atomic mass is 16.4. The average Bonchev–Trinajstić information content (AvgIpc) is 3.21. The van der Waals surface area contributed by atoms with E-state index in [1.54, 1.807) is 10.6 Å². The van der Waals surface area contributed by atoms with Crippen molar-refractivity contribution in [2.45, 2.75) is 38.8 Å². The second-order valence-corrected chi connectivity index (χ2v) is 5.36. The molecule has 1 N–H and O–H groups in total. The fourth-order valence-corrected chi connectivity index (χ4v) is 2.87.